The van der Waals surface area contributed by atoms with Gasteiger partial charge in [0.15, 0.2) is 0 Å². The van der Waals surface area contributed by atoms with Crippen molar-refractivity contribution in [3.63, 3.8) is 0 Å². The summed E-state index contributed by atoms with van der Waals surface area (Å²) in [4.78, 5) is 27.1. The molecule has 0 aromatic rings. The second-order valence-electron chi connectivity index (χ2n) is 1.99. The third-order valence-electron chi connectivity index (χ3n) is 0.673. The van der Waals surface area contributed by atoms with E-state index in [9.17, 15) is 14.4 Å². The Bertz CT molecular complexity index is 162. The highest BCUT2D eigenvalue weighted by Crippen LogP contribution is 2.18. The molecular weight excluding hydrogens is 234 g/mol. The van der Waals surface area contributed by atoms with E-state index >= 15 is 0 Å². The zero-order valence-corrected chi connectivity index (χ0v) is 9.59. The summed E-state index contributed by atoms with van der Waals surface area (Å²) in [7, 11) is -4.59. The van der Waals surface area contributed by atoms with Gasteiger partial charge in [-0.3, -0.25) is 0 Å². The molecule has 0 aliphatic heterocycles. The summed E-state index contributed by atoms with van der Waals surface area (Å²) in [5.74, 6) is 0. The number of halogens is 1. The van der Waals surface area contributed by atoms with Crippen molar-refractivity contribution in [1.82, 2.24) is 0 Å². The summed E-state index contributed by atoms with van der Waals surface area (Å²) >= 11 is 4.08. The van der Waals surface area contributed by atoms with Crippen LogP contribution in [0.25, 0.3) is 0 Å². The third-order valence-corrected chi connectivity index (χ3v) is 1.02. The van der Waals surface area contributed by atoms with E-state index in [0.717, 1.165) is 0 Å². The van der Waals surface area contributed by atoms with Crippen LogP contribution in [0.5, 0.6) is 0 Å². The summed E-state index contributed by atoms with van der Waals surface area (Å²) in [5.41, 5.74) is -1.61. The maximum absolute atomic E-state index is 9.22. The molecule has 6 nitrogen and oxygen atoms in total. The number of rotatable bonds is 2. The summed E-state index contributed by atoms with van der Waals surface area (Å²) < 4.78 is 9.22. The first kappa shape index (κ1) is 19.4. The highest BCUT2D eigenvalue weighted by Gasteiger charge is 1.78. The van der Waals surface area contributed by atoms with Gasteiger partial charge in [0.25, 0.3) is 0 Å². The topological polar surface area (TPSA) is 124 Å². The number of hydrogen-bond donors (Lipinski definition) is 1. The van der Waals surface area contributed by atoms with E-state index in [4.69, 9.17) is 15.0 Å². The van der Waals surface area contributed by atoms with Crippen LogP contribution >= 0.6 is 19.2 Å². The second kappa shape index (κ2) is 12.9. The molecule has 0 amide bonds. The molecular formula is C6H13ClO6P-3. The number of carboxylic acid groups (broad SMARTS) is 1. The molecule has 0 atom stereocenters. The fourth-order valence-corrected chi connectivity index (χ4v) is 0. The van der Waals surface area contributed by atoms with Gasteiger partial charge in [0.1, 0.15) is 5.43 Å². The Balaban J connectivity index is -0.000000135. The molecule has 0 aliphatic rings. The van der Waals surface area contributed by atoms with Crippen molar-refractivity contribution < 1.29 is 29.4 Å². The minimum Gasteiger partial charge on any atom is -0.809 e. The van der Waals surface area contributed by atoms with Gasteiger partial charge in [-0.1, -0.05) is 38.3 Å². The number of hydrogen-bond acceptors (Lipinski definition) is 6. The largest absolute Gasteiger partial charge is 0.809 e. The smallest absolute Gasteiger partial charge is 0.134 e. The fraction of sp³-hybridized carbons (Fsp3) is 0.833. The SMILES string of the molecule is CCCC.O=C([O-])Cl.O=P([O-])([O-])CO. The minimum atomic E-state index is -4.59. The lowest BCUT2D eigenvalue weighted by Gasteiger charge is -2.25. The van der Waals surface area contributed by atoms with Crippen LogP contribution in [0, 0.1) is 0 Å². The lowest BCUT2D eigenvalue weighted by atomic mass is 10.4. The van der Waals surface area contributed by atoms with Crippen molar-refractivity contribution in [3.8, 4) is 0 Å². The average molecular weight is 248 g/mol. The summed E-state index contributed by atoms with van der Waals surface area (Å²) in [6.45, 7) is 4.36. The van der Waals surface area contributed by atoms with E-state index in [1.165, 1.54) is 12.8 Å². The van der Waals surface area contributed by atoms with Gasteiger partial charge in [-0.2, -0.15) is 0 Å². The molecule has 88 valence electrons. The standard InChI is InChI=1S/C4H10.CHClO2.CH5O4P/c1-3-4-2;2-1(3)4;2-1-6(3,4)5/h3-4H2,1-2H3;(H,3,4);2H,1H2,(H2,3,4,5)/p-3. The molecule has 0 saturated heterocycles. The van der Waals surface area contributed by atoms with Gasteiger partial charge in [-0.15, -0.1) is 0 Å². The highest BCUT2D eigenvalue weighted by atomic mass is 35.5. The molecule has 0 aromatic heterocycles. The van der Waals surface area contributed by atoms with Crippen molar-refractivity contribution in [1.29, 1.82) is 0 Å². The number of aliphatic hydroxyl groups is 1. The lowest BCUT2D eigenvalue weighted by molar-refractivity contribution is -0.317. The quantitative estimate of drug-likeness (QED) is 0.504. The predicted molar refractivity (Wildman–Crippen MR) is 46.5 cm³/mol. The molecule has 0 unspecified atom stereocenters. The second-order valence-corrected chi connectivity index (χ2v) is 3.80. The Labute approximate surface area is 87.7 Å². The summed E-state index contributed by atoms with van der Waals surface area (Å²) in [5, 5.41) is 16.2. The Morgan fingerprint density at radius 2 is 1.50 bits per heavy atom. The molecule has 0 spiro atoms. The van der Waals surface area contributed by atoms with Gasteiger partial charge in [-0.25, -0.2) is 0 Å². The maximum atomic E-state index is 9.22. The van der Waals surface area contributed by atoms with Crippen LogP contribution in [0.4, 0.5) is 4.79 Å². The molecule has 0 saturated carbocycles. The zero-order valence-electron chi connectivity index (χ0n) is 7.93. The Morgan fingerprint density at radius 1 is 1.36 bits per heavy atom. The summed E-state index contributed by atoms with van der Waals surface area (Å²) in [6, 6.07) is 0. The molecule has 0 radical (unpaired) electrons. The van der Waals surface area contributed by atoms with Crippen molar-refractivity contribution in [3.05, 3.63) is 0 Å². The maximum Gasteiger partial charge on any atom is 0.134 e. The van der Waals surface area contributed by atoms with Gasteiger partial charge < -0.3 is 29.4 Å². The Hall–Kier alpha value is -0.130. The number of aliphatic hydroxyl groups excluding tert-OH is 1. The molecule has 0 rings (SSSR count). The average Bonchev–Trinajstić information content (AvgIpc) is 2.03. The third kappa shape index (κ3) is 93.6. The van der Waals surface area contributed by atoms with Crippen LogP contribution in [-0.2, 0) is 4.57 Å². The predicted octanol–water partition coefficient (Wildman–Crippen LogP) is -0.775. The van der Waals surface area contributed by atoms with Crippen molar-refractivity contribution in [2.75, 3.05) is 6.35 Å². The first-order valence-electron chi connectivity index (χ1n) is 3.69. The molecule has 0 fully saturated rings. The van der Waals surface area contributed by atoms with Gasteiger partial charge in [0.2, 0.25) is 0 Å². The molecule has 0 aromatic carbocycles. The Morgan fingerprint density at radius 3 is 1.50 bits per heavy atom. The van der Waals surface area contributed by atoms with Gasteiger partial charge >= 0.3 is 0 Å². The van der Waals surface area contributed by atoms with Crippen LogP contribution in [0.3, 0.4) is 0 Å². The zero-order chi connectivity index (χ0) is 12.2. The van der Waals surface area contributed by atoms with Crippen LogP contribution in [0.2, 0.25) is 0 Å². The monoisotopic (exact) mass is 247 g/mol. The molecule has 1 N–H and O–H groups in total. The van der Waals surface area contributed by atoms with Crippen LogP contribution < -0.4 is 14.9 Å². The molecule has 8 heteroatoms. The first-order valence-corrected chi connectivity index (χ1v) is 5.80. The van der Waals surface area contributed by atoms with Crippen LogP contribution in [-0.4, -0.2) is 16.9 Å². The van der Waals surface area contributed by atoms with Crippen molar-refractivity contribution in [2.24, 2.45) is 0 Å². The number of carbonyl (C=O) groups excluding carboxylic acids is 1. The van der Waals surface area contributed by atoms with Gasteiger partial charge in [-0.05, 0) is 7.60 Å². The van der Waals surface area contributed by atoms with E-state index in [2.05, 4.69) is 25.4 Å². The van der Waals surface area contributed by atoms with E-state index in [0.29, 0.717) is 0 Å². The van der Waals surface area contributed by atoms with Crippen molar-refractivity contribution in [2.45, 2.75) is 26.7 Å². The fourth-order valence-electron chi connectivity index (χ4n) is 0. The van der Waals surface area contributed by atoms with Gasteiger partial charge in [0, 0.05) is 0 Å². The molecule has 0 heterocycles. The molecule has 14 heavy (non-hydrogen) atoms. The first-order chi connectivity index (χ1) is 6.21. The molecule has 0 bridgehead atoms. The highest BCUT2D eigenvalue weighted by molar-refractivity contribution is 7.48. The number of carbonyl (C=O) groups is 1. The van der Waals surface area contributed by atoms with Crippen molar-refractivity contribution >= 4 is 24.6 Å². The van der Waals surface area contributed by atoms with Crippen LogP contribution in [0.15, 0.2) is 0 Å². The minimum absolute atomic E-state index is 1.28. The normalized spacial score (nSPS) is 9.00. The van der Waals surface area contributed by atoms with E-state index in [1.807, 2.05) is 0 Å². The van der Waals surface area contributed by atoms with E-state index in [1.54, 1.807) is 0 Å². The van der Waals surface area contributed by atoms with Crippen LogP contribution in [0.1, 0.15) is 26.7 Å². The van der Waals surface area contributed by atoms with E-state index < -0.39 is 19.4 Å². The van der Waals surface area contributed by atoms with E-state index in [-0.39, 0.29) is 0 Å². The Kier molecular flexibility index (Phi) is 17.9. The molecule has 0 aliphatic carbocycles. The van der Waals surface area contributed by atoms with Gasteiger partial charge in [0.05, 0.1) is 6.35 Å². The number of unbranched alkanes of at least 4 members (excludes halogenated alkanes) is 1. The summed E-state index contributed by atoms with van der Waals surface area (Å²) in [6.07, 6.45) is 1.35. The lowest BCUT2D eigenvalue weighted by Crippen LogP contribution is -2.16.